The molecule has 0 spiro atoms. The lowest BCUT2D eigenvalue weighted by Crippen LogP contribution is -2.27. The smallest absolute Gasteiger partial charge is 0.245 e. The summed E-state index contributed by atoms with van der Waals surface area (Å²) in [6.45, 7) is 2.96. The Kier molecular flexibility index (Phi) is 3.91. The highest BCUT2D eigenvalue weighted by Gasteiger charge is 2.22. The van der Waals surface area contributed by atoms with Gasteiger partial charge in [0.1, 0.15) is 4.90 Å². The van der Waals surface area contributed by atoms with Crippen LogP contribution in [0.4, 0.5) is 5.82 Å². The van der Waals surface area contributed by atoms with Crippen molar-refractivity contribution in [3.63, 3.8) is 0 Å². The van der Waals surface area contributed by atoms with Gasteiger partial charge in [-0.05, 0) is 19.3 Å². The zero-order valence-electron chi connectivity index (χ0n) is 10.6. The summed E-state index contributed by atoms with van der Waals surface area (Å²) < 4.78 is 28.2. The number of aryl methyl sites for hydroxylation is 1. The Labute approximate surface area is 108 Å². The fourth-order valence-electron chi connectivity index (χ4n) is 2.04. The zero-order valence-corrected chi connectivity index (χ0v) is 11.4. The van der Waals surface area contributed by atoms with Crippen LogP contribution in [0.5, 0.6) is 0 Å². The third kappa shape index (κ3) is 2.84. The molecular formula is C11H20N4O2S. The Hall–Kier alpha value is -1.08. The molecule has 2 rings (SSSR count). The largest absolute Gasteiger partial charge is 0.381 e. The van der Waals surface area contributed by atoms with E-state index in [1.165, 1.54) is 30.1 Å². The summed E-state index contributed by atoms with van der Waals surface area (Å²) in [7, 11) is -3.52. The standard InChI is InChI=1S/C11H20N4O2S/c1-2-15-8-10(11(12)14-15)18(16,17)13-7-6-9-4-3-5-9/h8-9,13H,2-7H2,1H3,(H2,12,14). The fraction of sp³-hybridized carbons (Fsp3) is 0.727. The van der Waals surface area contributed by atoms with Crippen molar-refractivity contribution >= 4 is 15.8 Å². The molecule has 0 bridgehead atoms. The predicted molar refractivity (Wildman–Crippen MR) is 69.5 cm³/mol. The zero-order chi connectivity index (χ0) is 13.2. The number of nitrogens with two attached hydrogens (primary N) is 1. The number of rotatable bonds is 6. The molecule has 1 aromatic rings. The molecule has 1 aromatic heterocycles. The van der Waals surface area contributed by atoms with Crippen LogP contribution in [0.15, 0.2) is 11.1 Å². The number of aromatic nitrogens is 2. The number of nitrogens with one attached hydrogen (secondary N) is 1. The van der Waals surface area contributed by atoms with E-state index in [1.807, 2.05) is 6.92 Å². The second-order valence-corrected chi connectivity index (χ2v) is 6.45. The lowest BCUT2D eigenvalue weighted by molar-refractivity contribution is 0.297. The van der Waals surface area contributed by atoms with E-state index in [0.717, 1.165) is 6.42 Å². The third-order valence-corrected chi connectivity index (χ3v) is 4.92. The molecule has 0 saturated heterocycles. The summed E-state index contributed by atoms with van der Waals surface area (Å²) in [5.41, 5.74) is 5.62. The molecule has 1 heterocycles. The first-order chi connectivity index (χ1) is 8.53. The molecule has 1 saturated carbocycles. The molecular weight excluding hydrogens is 252 g/mol. The van der Waals surface area contributed by atoms with E-state index < -0.39 is 10.0 Å². The van der Waals surface area contributed by atoms with Gasteiger partial charge in [-0.15, -0.1) is 0 Å². The Morgan fingerprint density at radius 1 is 1.56 bits per heavy atom. The number of sulfonamides is 1. The molecule has 1 aliphatic rings. The van der Waals surface area contributed by atoms with Gasteiger partial charge in [-0.2, -0.15) is 5.10 Å². The third-order valence-electron chi connectivity index (χ3n) is 3.44. The molecule has 18 heavy (non-hydrogen) atoms. The predicted octanol–water partition coefficient (Wildman–Crippen LogP) is 0.954. The SMILES string of the molecule is CCn1cc(S(=O)(=O)NCCC2CCC2)c(N)n1. The summed E-state index contributed by atoms with van der Waals surface area (Å²) in [5.74, 6) is 0.747. The van der Waals surface area contributed by atoms with E-state index in [2.05, 4.69) is 9.82 Å². The van der Waals surface area contributed by atoms with Crippen LogP contribution in [0.25, 0.3) is 0 Å². The fourth-order valence-corrected chi connectivity index (χ4v) is 3.16. The highest BCUT2D eigenvalue weighted by Crippen LogP contribution is 2.29. The molecule has 0 aliphatic heterocycles. The maximum atomic E-state index is 12.0. The van der Waals surface area contributed by atoms with Gasteiger partial charge < -0.3 is 5.73 Å². The summed E-state index contributed by atoms with van der Waals surface area (Å²) in [6, 6.07) is 0. The van der Waals surface area contributed by atoms with Crippen molar-refractivity contribution in [1.82, 2.24) is 14.5 Å². The second kappa shape index (κ2) is 5.27. The first kappa shape index (κ1) is 13.4. The van der Waals surface area contributed by atoms with Crippen LogP contribution < -0.4 is 10.5 Å². The lowest BCUT2D eigenvalue weighted by atomic mass is 9.83. The van der Waals surface area contributed by atoms with Crippen LogP contribution >= 0.6 is 0 Å². The molecule has 1 aliphatic carbocycles. The second-order valence-electron chi connectivity index (χ2n) is 4.72. The average Bonchev–Trinajstić information content (AvgIpc) is 2.64. The minimum Gasteiger partial charge on any atom is -0.381 e. The lowest BCUT2D eigenvalue weighted by Gasteiger charge is -2.24. The van der Waals surface area contributed by atoms with Crippen LogP contribution in [-0.4, -0.2) is 24.7 Å². The molecule has 1 fully saturated rings. The normalized spacial score (nSPS) is 16.7. The van der Waals surface area contributed by atoms with Gasteiger partial charge in [0, 0.05) is 19.3 Å². The van der Waals surface area contributed by atoms with E-state index in [-0.39, 0.29) is 10.7 Å². The van der Waals surface area contributed by atoms with Crippen molar-refractivity contribution in [3.05, 3.63) is 6.20 Å². The van der Waals surface area contributed by atoms with Gasteiger partial charge in [-0.25, -0.2) is 13.1 Å². The van der Waals surface area contributed by atoms with Gasteiger partial charge in [0.05, 0.1) is 0 Å². The maximum absolute atomic E-state index is 12.0. The Balaban J connectivity index is 1.97. The number of anilines is 1. The van der Waals surface area contributed by atoms with E-state index >= 15 is 0 Å². The molecule has 6 nitrogen and oxygen atoms in total. The van der Waals surface area contributed by atoms with Gasteiger partial charge in [0.2, 0.25) is 10.0 Å². The van der Waals surface area contributed by atoms with Crippen LogP contribution in [0.3, 0.4) is 0 Å². The first-order valence-corrected chi connectivity index (χ1v) is 7.84. The molecule has 7 heteroatoms. The first-order valence-electron chi connectivity index (χ1n) is 6.35. The molecule has 102 valence electrons. The number of nitrogens with zero attached hydrogens (tertiary/aromatic N) is 2. The Bertz CT molecular complexity index is 505. The summed E-state index contributed by atoms with van der Waals surface area (Å²) in [5, 5.41) is 3.94. The highest BCUT2D eigenvalue weighted by molar-refractivity contribution is 7.89. The van der Waals surface area contributed by atoms with E-state index in [1.54, 1.807) is 0 Å². The van der Waals surface area contributed by atoms with Crippen LogP contribution in [0, 0.1) is 5.92 Å². The summed E-state index contributed by atoms with van der Waals surface area (Å²) >= 11 is 0. The minimum absolute atomic E-state index is 0.0630. The monoisotopic (exact) mass is 272 g/mol. The van der Waals surface area contributed by atoms with Crippen LogP contribution in [0.1, 0.15) is 32.6 Å². The average molecular weight is 272 g/mol. The van der Waals surface area contributed by atoms with Gasteiger partial charge in [0.15, 0.2) is 5.82 Å². The van der Waals surface area contributed by atoms with Gasteiger partial charge in [0.25, 0.3) is 0 Å². The van der Waals surface area contributed by atoms with Crippen LogP contribution in [-0.2, 0) is 16.6 Å². The van der Waals surface area contributed by atoms with E-state index in [0.29, 0.717) is 19.0 Å². The van der Waals surface area contributed by atoms with Crippen molar-refractivity contribution < 1.29 is 8.42 Å². The molecule has 0 unspecified atom stereocenters. The highest BCUT2D eigenvalue weighted by atomic mass is 32.2. The van der Waals surface area contributed by atoms with E-state index in [9.17, 15) is 8.42 Å². The molecule has 0 aromatic carbocycles. The number of hydrogen-bond acceptors (Lipinski definition) is 4. The Morgan fingerprint density at radius 3 is 2.78 bits per heavy atom. The topological polar surface area (TPSA) is 90.0 Å². The maximum Gasteiger partial charge on any atom is 0.245 e. The Morgan fingerprint density at radius 2 is 2.28 bits per heavy atom. The van der Waals surface area contributed by atoms with Gasteiger partial charge in [-0.3, -0.25) is 4.68 Å². The van der Waals surface area contributed by atoms with Crippen molar-refractivity contribution in [2.45, 2.75) is 44.0 Å². The van der Waals surface area contributed by atoms with E-state index in [4.69, 9.17) is 5.73 Å². The van der Waals surface area contributed by atoms with Crippen molar-refractivity contribution in [2.24, 2.45) is 5.92 Å². The van der Waals surface area contributed by atoms with Crippen molar-refractivity contribution in [3.8, 4) is 0 Å². The molecule has 3 N–H and O–H groups in total. The van der Waals surface area contributed by atoms with Crippen molar-refractivity contribution in [2.75, 3.05) is 12.3 Å². The number of hydrogen-bond donors (Lipinski definition) is 2. The van der Waals surface area contributed by atoms with Crippen LogP contribution in [0.2, 0.25) is 0 Å². The summed E-state index contributed by atoms with van der Waals surface area (Å²) in [4.78, 5) is 0.0814. The number of nitrogen functional groups attached to an aromatic ring is 1. The summed E-state index contributed by atoms with van der Waals surface area (Å²) in [6.07, 6.45) is 6.09. The minimum atomic E-state index is -3.52. The van der Waals surface area contributed by atoms with Gasteiger partial charge >= 0.3 is 0 Å². The van der Waals surface area contributed by atoms with Crippen molar-refractivity contribution in [1.29, 1.82) is 0 Å². The molecule has 0 radical (unpaired) electrons. The quantitative estimate of drug-likeness (QED) is 0.807. The molecule has 0 amide bonds. The van der Waals surface area contributed by atoms with Gasteiger partial charge in [-0.1, -0.05) is 19.3 Å². The molecule has 0 atom stereocenters.